The van der Waals surface area contributed by atoms with Gasteiger partial charge >= 0.3 is 0 Å². The highest BCUT2D eigenvalue weighted by molar-refractivity contribution is 9.10. The number of hydrogen-bond acceptors (Lipinski definition) is 2. The third kappa shape index (κ3) is 3.10. The van der Waals surface area contributed by atoms with Gasteiger partial charge in [0.05, 0.1) is 13.2 Å². The van der Waals surface area contributed by atoms with Gasteiger partial charge in [-0.2, -0.15) is 0 Å². The molecule has 0 spiro atoms. The number of hydrogen-bond donors (Lipinski definition) is 1. The Hall–Kier alpha value is -1.03. The largest absolute Gasteiger partial charge is 0.496 e. The Labute approximate surface area is 139 Å². The molecule has 0 heterocycles. The van der Waals surface area contributed by atoms with Crippen molar-refractivity contribution in [2.45, 2.75) is 19.9 Å². The molecule has 2 aromatic rings. The van der Waals surface area contributed by atoms with Crippen molar-refractivity contribution in [2.24, 2.45) is 0 Å². The molecular weight excluding hydrogens is 350 g/mol. The van der Waals surface area contributed by atoms with E-state index in [0.29, 0.717) is 0 Å². The quantitative estimate of drug-likeness (QED) is 0.816. The summed E-state index contributed by atoms with van der Waals surface area (Å²) in [5, 5.41) is 4.11. The van der Waals surface area contributed by atoms with Crippen molar-refractivity contribution in [2.75, 3.05) is 14.2 Å². The van der Waals surface area contributed by atoms with Gasteiger partial charge in [-0.15, -0.1) is 0 Å². The molecule has 0 radical (unpaired) electrons. The first-order valence-electron chi connectivity index (χ1n) is 6.76. The molecule has 112 valence electrons. The van der Waals surface area contributed by atoms with E-state index in [4.69, 9.17) is 16.3 Å². The summed E-state index contributed by atoms with van der Waals surface area (Å²) in [6, 6.07) is 9.95. The summed E-state index contributed by atoms with van der Waals surface area (Å²) < 4.78 is 6.72. The van der Waals surface area contributed by atoms with E-state index in [2.05, 4.69) is 34.2 Å². The highest BCUT2D eigenvalue weighted by Gasteiger charge is 2.23. The van der Waals surface area contributed by atoms with Crippen LogP contribution in [0.25, 0.3) is 0 Å². The second kappa shape index (κ2) is 6.82. The Morgan fingerprint density at radius 2 is 1.90 bits per heavy atom. The summed E-state index contributed by atoms with van der Waals surface area (Å²) in [4.78, 5) is 0. The minimum Gasteiger partial charge on any atom is -0.496 e. The monoisotopic (exact) mass is 367 g/mol. The van der Waals surface area contributed by atoms with Crippen LogP contribution in [0.5, 0.6) is 5.75 Å². The number of nitrogens with one attached hydrogen (secondary N) is 1. The molecule has 0 aromatic heterocycles. The van der Waals surface area contributed by atoms with E-state index in [1.54, 1.807) is 7.11 Å². The van der Waals surface area contributed by atoms with E-state index in [0.717, 1.165) is 37.5 Å². The summed E-state index contributed by atoms with van der Waals surface area (Å²) >= 11 is 10.0. The van der Waals surface area contributed by atoms with Crippen LogP contribution in [0.2, 0.25) is 5.02 Å². The Morgan fingerprint density at radius 3 is 2.48 bits per heavy atom. The molecule has 2 rings (SSSR count). The number of halogens is 2. The topological polar surface area (TPSA) is 21.3 Å². The molecule has 0 saturated carbocycles. The number of rotatable bonds is 4. The first-order chi connectivity index (χ1) is 10.0. The molecule has 2 nitrogen and oxygen atoms in total. The molecule has 21 heavy (non-hydrogen) atoms. The van der Waals surface area contributed by atoms with E-state index in [1.165, 1.54) is 0 Å². The molecule has 0 bridgehead atoms. The van der Waals surface area contributed by atoms with Crippen molar-refractivity contribution in [3.05, 3.63) is 62.1 Å². The van der Waals surface area contributed by atoms with Gasteiger partial charge in [0.25, 0.3) is 0 Å². The summed E-state index contributed by atoms with van der Waals surface area (Å²) in [6.45, 7) is 4.13. The van der Waals surface area contributed by atoms with Gasteiger partial charge in [0.1, 0.15) is 5.75 Å². The van der Waals surface area contributed by atoms with Crippen LogP contribution in [0.3, 0.4) is 0 Å². The van der Waals surface area contributed by atoms with Crippen LogP contribution in [-0.4, -0.2) is 14.2 Å². The Morgan fingerprint density at radius 1 is 1.24 bits per heavy atom. The minimum atomic E-state index is -0.0233. The lowest BCUT2D eigenvalue weighted by molar-refractivity contribution is 0.401. The zero-order chi connectivity index (χ0) is 15.6. The van der Waals surface area contributed by atoms with Gasteiger partial charge in [-0.3, -0.25) is 0 Å². The van der Waals surface area contributed by atoms with Crippen molar-refractivity contribution in [1.29, 1.82) is 0 Å². The first kappa shape index (κ1) is 16.3. The van der Waals surface area contributed by atoms with Crippen molar-refractivity contribution in [3.63, 3.8) is 0 Å². The molecular formula is C17H19BrClNO. The van der Waals surface area contributed by atoms with Gasteiger partial charge in [0.15, 0.2) is 0 Å². The molecule has 1 atom stereocenters. The maximum absolute atomic E-state index is 6.38. The SMILES string of the molecule is CNC(c1ccccc1Cl)c1c(C)c(Br)cc(C)c1OC. The van der Waals surface area contributed by atoms with E-state index in [-0.39, 0.29) is 6.04 Å². The highest BCUT2D eigenvalue weighted by Crippen LogP contribution is 2.40. The third-order valence-electron chi connectivity index (χ3n) is 3.71. The smallest absolute Gasteiger partial charge is 0.127 e. The van der Waals surface area contributed by atoms with Crippen LogP contribution in [0.1, 0.15) is 28.3 Å². The second-order valence-electron chi connectivity index (χ2n) is 4.99. The Kier molecular flexibility index (Phi) is 5.31. The van der Waals surface area contributed by atoms with E-state index >= 15 is 0 Å². The lowest BCUT2D eigenvalue weighted by Gasteiger charge is -2.25. The van der Waals surface area contributed by atoms with Crippen LogP contribution in [-0.2, 0) is 0 Å². The molecule has 2 aromatic carbocycles. The fourth-order valence-corrected chi connectivity index (χ4v) is 3.46. The van der Waals surface area contributed by atoms with Crippen LogP contribution < -0.4 is 10.1 Å². The lowest BCUT2D eigenvalue weighted by Crippen LogP contribution is -2.20. The molecule has 0 aliphatic rings. The van der Waals surface area contributed by atoms with E-state index in [1.807, 2.05) is 38.2 Å². The van der Waals surface area contributed by atoms with Gasteiger partial charge in [-0.1, -0.05) is 45.7 Å². The first-order valence-corrected chi connectivity index (χ1v) is 7.93. The molecule has 1 N–H and O–H groups in total. The summed E-state index contributed by atoms with van der Waals surface area (Å²) in [7, 11) is 3.64. The maximum Gasteiger partial charge on any atom is 0.127 e. The third-order valence-corrected chi connectivity index (χ3v) is 4.87. The minimum absolute atomic E-state index is 0.0233. The summed E-state index contributed by atoms with van der Waals surface area (Å²) in [5.74, 6) is 0.898. The van der Waals surface area contributed by atoms with E-state index < -0.39 is 0 Å². The number of benzene rings is 2. The van der Waals surface area contributed by atoms with Gasteiger partial charge in [0.2, 0.25) is 0 Å². The predicted octanol–water partition coefficient (Wildman–Crippen LogP) is 5.04. The van der Waals surface area contributed by atoms with Gasteiger partial charge in [0, 0.05) is 15.1 Å². The number of methoxy groups -OCH3 is 1. The van der Waals surface area contributed by atoms with Gasteiger partial charge in [-0.05, 0) is 49.7 Å². The predicted molar refractivity (Wildman–Crippen MR) is 92.5 cm³/mol. The zero-order valence-electron chi connectivity index (χ0n) is 12.6. The van der Waals surface area contributed by atoms with E-state index in [9.17, 15) is 0 Å². The van der Waals surface area contributed by atoms with Gasteiger partial charge in [-0.25, -0.2) is 0 Å². The lowest BCUT2D eigenvalue weighted by atomic mass is 9.92. The molecule has 4 heteroatoms. The molecule has 0 aliphatic heterocycles. The van der Waals surface area contributed by atoms with Crippen LogP contribution >= 0.6 is 27.5 Å². The fourth-order valence-electron chi connectivity index (χ4n) is 2.66. The normalized spacial score (nSPS) is 12.3. The van der Waals surface area contributed by atoms with Crippen LogP contribution in [0.15, 0.2) is 34.8 Å². The molecule has 1 unspecified atom stereocenters. The molecule has 0 fully saturated rings. The zero-order valence-corrected chi connectivity index (χ0v) is 15.0. The van der Waals surface area contributed by atoms with Crippen molar-refractivity contribution in [3.8, 4) is 5.75 Å². The average Bonchev–Trinajstić information content (AvgIpc) is 2.46. The summed E-state index contributed by atoms with van der Waals surface area (Å²) in [5.41, 5.74) is 4.40. The molecule has 0 saturated heterocycles. The summed E-state index contributed by atoms with van der Waals surface area (Å²) in [6.07, 6.45) is 0. The van der Waals surface area contributed by atoms with Crippen molar-refractivity contribution in [1.82, 2.24) is 5.32 Å². The average molecular weight is 369 g/mol. The number of ether oxygens (including phenoxy) is 1. The maximum atomic E-state index is 6.38. The van der Waals surface area contributed by atoms with Crippen molar-refractivity contribution < 1.29 is 4.74 Å². The molecule has 0 aliphatic carbocycles. The fraction of sp³-hybridized carbons (Fsp3) is 0.294. The van der Waals surface area contributed by atoms with Crippen LogP contribution in [0, 0.1) is 13.8 Å². The van der Waals surface area contributed by atoms with Gasteiger partial charge < -0.3 is 10.1 Å². The highest BCUT2D eigenvalue weighted by atomic mass is 79.9. The second-order valence-corrected chi connectivity index (χ2v) is 6.25. The number of aryl methyl sites for hydroxylation is 1. The molecule has 0 amide bonds. The van der Waals surface area contributed by atoms with Crippen molar-refractivity contribution >= 4 is 27.5 Å². The Balaban J connectivity index is 2.71. The standard InChI is InChI=1S/C17H19BrClNO/c1-10-9-13(18)11(2)15(17(10)21-4)16(20-3)12-7-5-6-8-14(12)19/h5-9,16,20H,1-4H3. The van der Waals surface area contributed by atoms with Crippen LogP contribution in [0.4, 0.5) is 0 Å². The Bertz CT molecular complexity index is 657.